The van der Waals surface area contributed by atoms with Gasteiger partial charge >= 0.3 is 5.69 Å². The molecule has 0 saturated heterocycles. The van der Waals surface area contributed by atoms with E-state index in [1.54, 1.807) is 13.1 Å². The van der Waals surface area contributed by atoms with E-state index in [0.29, 0.717) is 55.4 Å². The maximum Gasteiger partial charge on any atom is 0.328 e. The normalized spacial score (nSPS) is 13.9. The number of nitrogens with one attached hydrogen (secondary N) is 1. The number of amides is 1. The van der Waals surface area contributed by atoms with Crippen molar-refractivity contribution in [3.63, 3.8) is 0 Å². The number of aryl methyl sites for hydroxylation is 1. The molecule has 3 aromatic heterocycles. The number of nitrogens with zero attached hydrogens (tertiary/aromatic N) is 5. The summed E-state index contributed by atoms with van der Waals surface area (Å²) in [7, 11) is 0. The van der Waals surface area contributed by atoms with Crippen molar-refractivity contribution in [2.24, 2.45) is 5.73 Å². The van der Waals surface area contributed by atoms with Crippen LogP contribution in [0.5, 0.6) is 0 Å². The number of pyridine rings is 1. The molecular weight excluding hydrogens is 424 g/mol. The van der Waals surface area contributed by atoms with Crippen LogP contribution in [0.3, 0.4) is 0 Å². The van der Waals surface area contributed by atoms with Crippen molar-refractivity contribution in [2.75, 3.05) is 25.5 Å². The van der Waals surface area contributed by atoms with Crippen molar-refractivity contribution >= 4 is 22.9 Å². The highest BCUT2D eigenvalue weighted by atomic mass is 16.5. The minimum absolute atomic E-state index is 0.0822. The van der Waals surface area contributed by atoms with Crippen LogP contribution in [-0.4, -0.2) is 61.1 Å². The molecule has 0 bridgehead atoms. The number of imidazole rings is 1. The Morgan fingerprint density at radius 1 is 1.30 bits per heavy atom. The first-order valence-corrected chi connectivity index (χ1v) is 11.2. The molecule has 11 heteroatoms. The second kappa shape index (κ2) is 10.1. The van der Waals surface area contributed by atoms with Gasteiger partial charge in [-0.05, 0) is 37.8 Å². The Morgan fingerprint density at radius 2 is 2.12 bits per heavy atom. The van der Waals surface area contributed by atoms with Crippen molar-refractivity contribution < 1.29 is 9.53 Å². The Hall–Kier alpha value is -3.31. The first-order chi connectivity index (χ1) is 16.0. The molecule has 3 aromatic rings. The first-order valence-electron chi connectivity index (χ1n) is 11.2. The fourth-order valence-electron chi connectivity index (χ4n) is 3.92. The minimum Gasteiger partial charge on any atom is -0.382 e. The molecule has 0 atom stereocenters. The van der Waals surface area contributed by atoms with Gasteiger partial charge in [-0.3, -0.25) is 14.3 Å². The van der Waals surface area contributed by atoms with Crippen LogP contribution in [0.25, 0.3) is 11.2 Å². The van der Waals surface area contributed by atoms with Gasteiger partial charge in [0.15, 0.2) is 11.5 Å². The predicted octanol–water partition coefficient (Wildman–Crippen LogP) is 0.700. The van der Waals surface area contributed by atoms with Gasteiger partial charge in [-0.15, -0.1) is 0 Å². The van der Waals surface area contributed by atoms with E-state index in [9.17, 15) is 9.59 Å². The highest BCUT2D eigenvalue weighted by Gasteiger charge is 2.28. The van der Waals surface area contributed by atoms with E-state index in [1.165, 1.54) is 4.57 Å². The lowest BCUT2D eigenvalue weighted by molar-refractivity contribution is -0.137. The van der Waals surface area contributed by atoms with Crippen LogP contribution in [0.4, 0.5) is 5.82 Å². The monoisotopic (exact) mass is 454 g/mol. The molecule has 5 N–H and O–H groups in total. The molecule has 1 aliphatic carbocycles. The lowest BCUT2D eigenvalue weighted by atomic mass is 9.91. The Labute approximate surface area is 191 Å². The number of fused-ring (bicyclic) bond motifs is 1. The van der Waals surface area contributed by atoms with Crippen molar-refractivity contribution in [1.29, 1.82) is 0 Å². The molecule has 33 heavy (non-hydrogen) atoms. The van der Waals surface area contributed by atoms with Crippen molar-refractivity contribution in [3.05, 3.63) is 45.9 Å². The van der Waals surface area contributed by atoms with Crippen LogP contribution in [-0.2, 0) is 22.6 Å². The lowest BCUT2D eigenvalue weighted by Crippen LogP contribution is -2.44. The lowest BCUT2D eigenvalue weighted by Gasteiger charge is -2.37. The summed E-state index contributed by atoms with van der Waals surface area (Å²) in [6, 6.07) is 4.08. The predicted molar refractivity (Wildman–Crippen MR) is 123 cm³/mol. The van der Waals surface area contributed by atoms with Gasteiger partial charge in [0.2, 0.25) is 5.91 Å². The summed E-state index contributed by atoms with van der Waals surface area (Å²) in [5, 5.41) is 0. The Kier molecular flexibility index (Phi) is 6.99. The summed E-state index contributed by atoms with van der Waals surface area (Å²) in [6.07, 6.45) is 5.29. The SMILES string of the molecule is Cc1nc(N)c2[nH]c(=O)n(Cc3ccc(CN(C(=O)CCOCCN)C4CCC4)cn3)c2n1. The number of hydrogen-bond donors (Lipinski definition) is 3. The average Bonchev–Trinajstić information content (AvgIpc) is 3.06. The molecule has 1 fully saturated rings. The second-order valence-corrected chi connectivity index (χ2v) is 8.29. The standard InChI is InChI=1S/C22H30N8O3/c1-14-26-20(24)19-21(27-14)30(22(32)28-19)13-16-6-5-15(11-25-16)12-29(17-3-2-4-17)18(31)7-9-33-10-8-23/h5-6,11,17H,2-4,7-10,12-13,23H2,1H3,(H,28,32)(H2,24,26,27). The summed E-state index contributed by atoms with van der Waals surface area (Å²) in [5.74, 6) is 0.815. The van der Waals surface area contributed by atoms with Gasteiger partial charge in [0.25, 0.3) is 0 Å². The molecule has 0 unspecified atom stereocenters. The Morgan fingerprint density at radius 3 is 2.79 bits per heavy atom. The summed E-state index contributed by atoms with van der Waals surface area (Å²) in [6.45, 7) is 3.76. The van der Waals surface area contributed by atoms with Crippen LogP contribution >= 0.6 is 0 Å². The zero-order chi connectivity index (χ0) is 23.4. The van der Waals surface area contributed by atoms with E-state index in [4.69, 9.17) is 16.2 Å². The third kappa shape index (κ3) is 5.20. The van der Waals surface area contributed by atoms with Gasteiger partial charge in [0.05, 0.1) is 31.9 Å². The zero-order valence-electron chi connectivity index (χ0n) is 18.8. The fourth-order valence-corrected chi connectivity index (χ4v) is 3.92. The smallest absolute Gasteiger partial charge is 0.328 e. The number of H-pyrrole nitrogens is 1. The number of hydrogen-bond acceptors (Lipinski definition) is 8. The van der Waals surface area contributed by atoms with Gasteiger partial charge < -0.3 is 26.1 Å². The number of nitrogen functional groups attached to an aromatic ring is 1. The van der Waals surface area contributed by atoms with Crippen LogP contribution in [0, 0.1) is 6.92 Å². The number of rotatable bonds is 10. The number of nitrogens with two attached hydrogens (primary N) is 2. The summed E-state index contributed by atoms with van der Waals surface area (Å²) in [4.78, 5) is 42.8. The fraction of sp³-hybridized carbons (Fsp3) is 0.500. The Bertz CT molecular complexity index is 1170. The number of aromatic nitrogens is 5. The molecule has 3 heterocycles. The van der Waals surface area contributed by atoms with Gasteiger partial charge in [-0.1, -0.05) is 6.07 Å². The van der Waals surface area contributed by atoms with Crippen LogP contribution in [0.15, 0.2) is 23.1 Å². The topological polar surface area (TPSA) is 158 Å². The molecule has 0 spiro atoms. The zero-order valence-corrected chi connectivity index (χ0v) is 18.8. The van der Waals surface area contributed by atoms with E-state index < -0.39 is 0 Å². The maximum absolute atomic E-state index is 12.8. The number of ether oxygens (including phenoxy) is 1. The second-order valence-electron chi connectivity index (χ2n) is 8.29. The highest BCUT2D eigenvalue weighted by Crippen LogP contribution is 2.27. The van der Waals surface area contributed by atoms with E-state index in [0.717, 1.165) is 24.8 Å². The third-order valence-electron chi connectivity index (χ3n) is 5.88. The molecule has 4 rings (SSSR count). The first kappa shape index (κ1) is 22.9. The summed E-state index contributed by atoms with van der Waals surface area (Å²) < 4.78 is 6.87. The molecule has 0 aromatic carbocycles. The molecule has 0 radical (unpaired) electrons. The van der Waals surface area contributed by atoms with Gasteiger partial charge in [0, 0.05) is 25.3 Å². The van der Waals surface area contributed by atoms with E-state index in [2.05, 4.69) is 19.9 Å². The number of aromatic amines is 1. The molecule has 1 amide bonds. The molecule has 1 aliphatic rings. The molecule has 0 aliphatic heterocycles. The average molecular weight is 455 g/mol. The Balaban J connectivity index is 1.45. The van der Waals surface area contributed by atoms with Gasteiger partial charge in [0.1, 0.15) is 11.3 Å². The summed E-state index contributed by atoms with van der Waals surface area (Å²) >= 11 is 0. The van der Waals surface area contributed by atoms with Crippen molar-refractivity contribution in [2.45, 2.75) is 51.7 Å². The number of carbonyl (C=O) groups excluding carboxylic acids is 1. The number of anilines is 1. The van der Waals surface area contributed by atoms with Crippen LogP contribution in [0.2, 0.25) is 0 Å². The molecular formula is C22H30N8O3. The van der Waals surface area contributed by atoms with Crippen molar-refractivity contribution in [3.8, 4) is 0 Å². The third-order valence-corrected chi connectivity index (χ3v) is 5.88. The van der Waals surface area contributed by atoms with Crippen LogP contribution < -0.4 is 17.2 Å². The van der Waals surface area contributed by atoms with E-state index in [-0.39, 0.29) is 30.0 Å². The molecule has 11 nitrogen and oxygen atoms in total. The highest BCUT2D eigenvalue weighted by molar-refractivity contribution is 5.81. The van der Waals surface area contributed by atoms with Crippen LogP contribution in [0.1, 0.15) is 42.8 Å². The van der Waals surface area contributed by atoms with E-state index >= 15 is 0 Å². The number of carbonyl (C=O) groups is 1. The van der Waals surface area contributed by atoms with Gasteiger partial charge in [-0.25, -0.2) is 14.8 Å². The molecule has 176 valence electrons. The van der Waals surface area contributed by atoms with Crippen molar-refractivity contribution in [1.82, 2.24) is 29.4 Å². The van der Waals surface area contributed by atoms with Gasteiger partial charge in [-0.2, -0.15) is 0 Å². The maximum atomic E-state index is 12.8. The summed E-state index contributed by atoms with van der Waals surface area (Å²) in [5.41, 5.74) is 13.5. The largest absolute Gasteiger partial charge is 0.382 e. The van der Waals surface area contributed by atoms with E-state index in [1.807, 2.05) is 17.0 Å². The quantitative estimate of drug-likeness (QED) is 0.378. The molecule has 1 saturated carbocycles. The minimum atomic E-state index is -0.318.